The van der Waals surface area contributed by atoms with E-state index in [1.165, 1.54) is 13.0 Å². The maximum atomic E-state index is 12.2. The molecule has 0 unspecified atom stereocenters. The minimum atomic E-state index is -0.303. The average Bonchev–Trinajstić information content (AvgIpc) is 2.77. The molecule has 31 heavy (non-hydrogen) atoms. The number of hydrogen-bond acceptors (Lipinski definition) is 4. The van der Waals surface area contributed by atoms with E-state index in [-0.39, 0.29) is 11.7 Å². The summed E-state index contributed by atoms with van der Waals surface area (Å²) in [4.78, 5) is 23.7. The number of halogens is 1. The van der Waals surface area contributed by atoms with Gasteiger partial charge in [0, 0.05) is 22.3 Å². The van der Waals surface area contributed by atoms with Crippen LogP contribution in [0.5, 0.6) is 11.5 Å². The van der Waals surface area contributed by atoms with E-state index in [2.05, 4.69) is 5.32 Å². The second-order valence-electron chi connectivity index (χ2n) is 6.79. The zero-order valence-electron chi connectivity index (χ0n) is 17.2. The number of anilines is 1. The smallest absolute Gasteiger partial charge is 0.248 e. The van der Waals surface area contributed by atoms with Crippen molar-refractivity contribution in [2.24, 2.45) is 0 Å². The van der Waals surface area contributed by atoms with E-state index in [1.54, 1.807) is 49.6 Å². The van der Waals surface area contributed by atoms with Gasteiger partial charge >= 0.3 is 0 Å². The molecule has 158 valence electrons. The third-order valence-corrected chi connectivity index (χ3v) is 4.71. The molecule has 0 bridgehead atoms. The monoisotopic (exact) mass is 435 g/mol. The van der Waals surface area contributed by atoms with Crippen molar-refractivity contribution in [3.63, 3.8) is 0 Å². The van der Waals surface area contributed by atoms with Crippen LogP contribution in [0.4, 0.5) is 5.69 Å². The van der Waals surface area contributed by atoms with Crippen LogP contribution in [-0.4, -0.2) is 18.8 Å². The largest absolute Gasteiger partial charge is 0.493 e. The van der Waals surface area contributed by atoms with Crippen LogP contribution < -0.4 is 14.8 Å². The van der Waals surface area contributed by atoms with E-state index < -0.39 is 0 Å². The second-order valence-corrected chi connectivity index (χ2v) is 7.22. The van der Waals surface area contributed by atoms with Crippen molar-refractivity contribution in [3.8, 4) is 11.5 Å². The third-order valence-electron chi connectivity index (χ3n) is 4.46. The van der Waals surface area contributed by atoms with Gasteiger partial charge in [-0.2, -0.15) is 0 Å². The predicted molar refractivity (Wildman–Crippen MR) is 123 cm³/mol. The van der Waals surface area contributed by atoms with Crippen LogP contribution in [0.25, 0.3) is 6.08 Å². The topological polar surface area (TPSA) is 64.6 Å². The number of Topliss-reactive ketones (excluding diaryl/α,β-unsaturated/α-hetero) is 1. The normalized spacial score (nSPS) is 10.7. The number of rotatable bonds is 8. The van der Waals surface area contributed by atoms with Crippen LogP contribution in [0.1, 0.15) is 28.4 Å². The molecule has 3 rings (SSSR count). The number of benzene rings is 3. The average molecular weight is 436 g/mol. The highest BCUT2D eigenvalue weighted by molar-refractivity contribution is 6.30. The van der Waals surface area contributed by atoms with Crippen molar-refractivity contribution in [1.29, 1.82) is 0 Å². The van der Waals surface area contributed by atoms with Gasteiger partial charge in [0.2, 0.25) is 5.91 Å². The molecule has 0 aliphatic carbocycles. The number of nitrogens with one attached hydrogen (secondary N) is 1. The summed E-state index contributed by atoms with van der Waals surface area (Å²) in [5.41, 5.74) is 2.87. The molecule has 1 amide bonds. The molecule has 0 heterocycles. The number of carbonyl (C=O) groups is 2. The van der Waals surface area contributed by atoms with Crippen molar-refractivity contribution in [3.05, 3.63) is 94.5 Å². The van der Waals surface area contributed by atoms with Crippen molar-refractivity contribution >= 4 is 35.1 Å². The SMILES string of the molecule is COc1cc(/C=C/C(=O)Nc2cccc(C(C)=O)c2)ccc1OCc1ccc(Cl)cc1. The first-order chi connectivity index (χ1) is 14.9. The molecule has 5 nitrogen and oxygen atoms in total. The van der Waals surface area contributed by atoms with Crippen molar-refractivity contribution in [2.45, 2.75) is 13.5 Å². The summed E-state index contributed by atoms with van der Waals surface area (Å²) in [6.07, 6.45) is 3.10. The second kappa shape index (κ2) is 10.5. The van der Waals surface area contributed by atoms with Crippen LogP contribution >= 0.6 is 11.6 Å². The standard InChI is InChI=1S/C25H22ClNO4/c1-17(28)20-4-3-5-22(15-20)27-25(29)13-9-18-8-12-23(24(14-18)30-2)31-16-19-6-10-21(26)11-7-19/h3-15H,16H2,1-2H3,(H,27,29)/b13-9+. The van der Waals surface area contributed by atoms with Gasteiger partial charge in [0.25, 0.3) is 0 Å². The Balaban J connectivity index is 1.64. The molecular weight excluding hydrogens is 414 g/mol. The molecule has 0 aromatic heterocycles. The maximum absolute atomic E-state index is 12.2. The van der Waals surface area contributed by atoms with Gasteiger partial charge in [0.15, 0.2) is 17.3 Å². The first-order valence-corrected chi connectivity index (χ1v) is 9.98. The number of amides is 1. The quantitative estimate of drug-likeness (QED) is 0.359. The number of carbonyl (C=O) groups excluding carboxylic acids is 2. The van der Waals surface area contributed by atoms with Crippen LogP contribution in [0.2, 0.25) is 5.02 Å². The first-order valence-electron chi connectivity index (χ1n) is 9.60. The zero-order valence-corrected chi connectivity index (χ0v) is 18.0. The Morgan fingerprint density at radius 3 is 2.48 bits per heavy atom. The van der Waals surface area contributed by atoms with Crippen LogP contribution in [0.15, 0.2) is 72.8 Å². The molecule has 0 aliphatic rings. The molecule has 3 aromatic carbocycles. The molecule has 6 heteroatoms. The Kier molecular flexibility index (Phi) is 7.46. The molecule has 0 radical (unpaired) electrons. The van der Waals surface area contributed by atoms with E-state index in [0.29, 0.717) is 34.4 Å². The fourth-order valence-corrected chi connectivity index (χ4v) is 2.95. The molecule has 0 saturated carbocycles. The molecule has 0 atom stereocenters. The van der Waals surface area contributed by atoms with Crippen molar-refractivity contribution in [1.82, 2.24) is 0 Å². The van der Waals surface area contributed by atoms with Crippen molar-refractivity contribution in [2.75, 3.05) is 12.4 Å². The highest BCUT2D eigenvalue weighted by Gasteiger charge is 2.07. The lowest BCUT2D eigenvalue weighted by atomic mass is 10.1. The molecular formula is C25H22ClNO4. The molecule has 0 aliphatic heterocycles. The van der Waals surface area contributed by atoms with Gasteiger partial charge in [-0.3, -0.25) is 9.59 Å². The van der Waals surface area contributed by atoms with Crippen LogP contribution in [-0.2, 0) is 11.4 Å². The lowest BCUT2D eigenvalue weighted by Gasteiger charge is -2.11. The minimum Gasteiger partial charge on any atom is -0.493 e. The zero-order chi connectivity index (χ0) is 22.2. The number of ketones is 1. The highest BCUT2D eigenvalue weighted by atomic mass is 35.5. The lowest BCUT2D eigenvalue weighted by molar-refractivity contribution is -0.111. The molecule has 0 spiro atoms. The summed E-state index contributed by atoms with van der Waals surface area (Å²) in [7, 11) is 1.56. The Morgan fingerprint density at radius 1 is 1.00 bits per heavy atom. The maximum Gasteiger partial charge on any atom is 0.248 e. The van der Waals surface area contributed by atoms with Crippen LogP contribution in [0, 0.1) is 0 Å². The predicted octanol–water partition coefficient (Wildman–Crippen LogP) is 5.78. The minimum absolute atomic E-state index is 0.0582. The number of hydrogen-bond donors (Lipinski definition) is 1. The Morgan fingerprint density at radius 2 is 1.77 bits per heavy atom. The third kappa shape index (κ3) is 6.46. The molecule has 3 aromatic rings. The summed E-state index contributed by atoms with van der Waals surface area (Å²) in [5, 5.41) is 3.42. The van der Waals surface area contributed by atoms with Gasteiger partial charge in [-0.25, -0.2) is 0 Å². The van der Waals surface area contributed by atoms with Gasteiger partial charge in [0.1, 0.15) is 6.61 Å². The summed E-state index contributed by atoms with van der Waals surface area (Å²) >= 11 is 5.90. The van der Waals surface area contributed by atoms with E-state index in [4.69, 9.17) is 21.1 Å². The molecule has 0 saturated heterocycles. The summed E-state index contributed by atoms with van der Waals surface area (Å²) in [6, 6.07) is 19.6. The van der Waals surface area contributed by atoms with E-state index in [0.717, 1.165) is 11.1 Å². The van der Waals surface area contributed by atoms with Crippen LogP contribution in [0.3, 0.4) is 0 Å². The van der Waals surface area contributed by atoms with E-state index in [1.807, 2.05) is 30.3 Å². The van der Waals surface area contributed by atoms with Gasteiger partial charge in [0.05, 0.1) is 7.11 Å². The van der Waals surface area contributed by atoms with Gasteiger partial charge < -0.3 is 14.8 Å². The summed E-state index contributed by atoms with van der Waals surface area (Å²) < 4.78 is 11.3. The summed E-state index contributed by atoms with van der Waals surface area (Å²) in [6.45, 7) is 1.86. The Hall–Kier alpha value is -3.57. The Bertz CT molecular complexity index is 1110. The van der Waals surface area contributed by atoms with Crippen molar-refractivity contribution < 1.29 is 19.1 Å². The van der Waals surface area contributed by atoms with Gasteiger partial charge in [-0.05, 0) is 60.5 Å². The summed E-state index contributed by atoms with van der Waals surface area (Å²) in [5.74, 6) is 0.797. The lowest BCUT2D eigenvalue weighted by Crippen LogP contribution is -2.08. The van der Waals surface area contributed by atoms with E-state index >= 15 is 0 Å². The number of ether oxygens (including phenoxy) is 2. The Labute approximate surface area is 186 Å². The fraction of sp³-hybridized carbons (Fsp3) is 0.120. The van der Waals surface area contributed by atoms with E-state index in [9.17, 15) is 9.59 Å². The molecule has 1 N–H and O–H groups in total. The van der Waals surface area contributed by atoms with Gasteiger partial charge in [-0.15, -0.1) is 0 Å². The van der Waals surface area contributed by atoms with Gasteiger partial charge in [-0.1, -0.05) is 41.9 Å². The highest BCUT2D eigenvalue weighted by Crippen LogP contribution is 2.29. The first kappa shape index (κ1) is 22.1. The fourth-order valence-electron chi connectivity index (χ4n) is 2.82. The number of methoxy groups -OCH3 is 1. The molecule has 0 fully saturated rings.